The molecule has 0 aromatic carbocycles. The molecular formula is C18H31N3O2. The molecule has 1 atom stereocenters. The highest BCUT2D eigenvalue weighted by Crippen LogP contribution is 2.33. The summed E-state index contributed by atoms with van der Waals surface area (Å²) in [7, 11) is 4.13. The second kappa shape index (κ2) is 7.77. The van der Waals surface area contributed by atoms with Gasteiger partial charge in [-0.15, -0.1) is 0 Å². The minimum atomic E-state index is 0.217. The van der Waals surface area contributed by atoms with Gasteiger partial charge >= 0.3 is 0 Å². The van der Waals surface area contributed by atoms with Crippen LogP contribution < -0.4 is 0 Å². The van der Waals surface area contributed by atoms with E-state index in [1.165, 1.54) is 31.4 Å². The molecule has 0 radical (unpaired) electrons. The molecule has 1 aliphatic heterocycles. The molecule has 0 bridgehead atoms. The van der Waals surface area contributed by atoms with Crippen molar-refractivity contribution in [2.75, 3.05) is 46.9 Å². The highest BCUT2D eigenvalue weighted by Gasteiger charge is 2.36. The van der Waals surface area contributed by atoms with Crippen LogP contribution in [0, 0.1) is 0 Å². The summed E-state index contributed by atoms with van der Waals surface area (Å²) < 4.78 is 5.82. The van der Waals surface area contributed by atoms with Gasteiger partial charge in [0.25, 0.3) is 0 Å². The SMILES string of the molecule is CN(C)CC1CN(CC(=O)N(C2=CCCCC2)C2CC2)CCO1. The molecule has 1 amide bonds. The molecule has 5 heteroatoms. The minimum Gasteiger partial charge on any atom is -0.374 e. The van der Waals surface area contributed by atoms with Gasteiger partial charge in [-0.25, -0.2) is 0 Å². The summed E-state index contributed by atoms with van der Waals surface area (Å²) in [5.41, 5.74) is 1.29. The van der Waals surface area contributed by atoms with Gasteiger partial charge in [-0.3, -0.25) is 9.69 Å². The van der Waals surface area contributed by atoms with Crippen molar-refractivity contribution < 1.29 is 9.53 Å². The van der Waals surface area contributed by atoms with Crippen LogP contribution in [0.25, 0.3) is 0 Å². The third kappa shape index (κ3) is 4.78. The van der Waals surface area contributed by atoms with Crippen LogP contribution in [-0.2, 0) is 9.53 Å². The van der Waals surface area contributed by atoms with Crippen LogP contribution in [-0.4, -0.2) is 79.6 Å². The lowest BCUT2D eigenvalue weighted by Crippen LogP contribution is -2.50. The van der Waals surface area contributed by atoms with Crippen molar-refractivity contribution in [1.82, 2.24) is 14.7 Å². The quantitative estimate of drug-likeness (QED) is 0.746. The normalized spacial score (nSPS) is 26.2. The molecule has 23 heavy (non-hydrogen) atoms. The number of likely N-dealkylation sites (N-methyl/N-ethyl adjacent to an activating group) is 1. The van der Waals surface area contributed by atoms with E-state index in [1.807, 2.05) is 0 Å². The molecule has 1 unspecified atom stereocenters. The lowest BCUT2D eigenvalue weighted by atomic mass is 10.0. The number of nitrogens with zero attached hydrogens (tertiary/aromatic N) is 3. The number of ether oxygens (including phenoxy) is 1. The van der Waals surface area contributed by atoms with Crippen LogP contribution in [0.4, 0.5) is 0 Å². The number of amides is 1. The standard InChI is InChI=1S/C18H31N3O2/c1-19(2)12-17-13-20(10-11-23-17)14-18(22)21(16-8-9-16)15-6-4-3-5-7-15/h6,16-17H,3-5,7-14H2,1-2H3. The van der Waals surface area contributed by atoms with Crippen LogP contribution in [0.15, 0.2) is 11.8 Å². The van der Waals surface area contributed by atoms with Gasteiger partial charge in [0.2, 0.25) is 5.91 Å². The van der Waals surface area contributed by atoms with Gasteiger partial charge in [0.05, 0.1) is 19.3 Å². The molecule has 1 saturated heterocycles. The predicted octanol–water partition coefficient (Wildman–Crippen LogP) is 1.70. The Morgan fingerprint density at radius 2 is 2.17 bits per heavy atom. The Labute approximate surface area is 140 Å². The number of morpholine rings is 1. The van der Waals surface area contributed by atoms with Crippen LogP contribution in [0.1, 0.15) is 38.5 Å². The van der Waals surface area contributed by atoms with Gasteiger partial charge in [-0.1, -0.05) is 6.08 Å². The monoisotopic (exact) mass is 321 g/mol. The summed E-state index contributed by atoms with van der Waals surface area (Å²) in [6.45, 7) is 3.93. The van der Waals surface area contributed by atoms with Crippen molar-refractivity contribution in [2.24, 2.45) is 0 Å². The average Bonchev–Trinajstić information content (AvgIpc) is 3.33. The largest absolute Gasteiger partial charge is 0.374 e. The molecule has 1 saturated carbocycles. The zero-order chi connectivity index (χ0) is 16.2. The molecule has 2 fully saturated rings. The van der Waals surface area contributed by atoms with Gasteiger partial charge in [0.1, 0.15) is 0 Å². The van der Waals surface area contributed by atoms with E-state index in [-0.39, 0.29) is 6.10 Å². The number of carbonyl (C=O) groups excluding carboxylic acids is 1. The Bertz CT molecular complexity index is 446. The minimum absolute atomic E-state index is 0.217. The van der Waals surface area contributed by atoms with E-state index < -0.39 is 0 Å². The first-order valence-corrected chi connectivity index (χ1v) is 9.13. The Morgan fingerprint density at radius 3 is 2.83 bits per heavy atom. The van der Waals surface area contributed by atoms with E-state index in [2.05, 4.69) is 34.9 Å². The highest BCUT2D eigenvalue weighted by atomic mass is 16.5. The van der Waals surface area contributed by atoms with Gasteiger partial charge in [0.15, 0.2) is 0 Å². The maximum atomic E-state index is 12.9. The van der Waals surface area contributed by atoms with Gasteiger partial charge in [0, 0.05) is 31.4 Å². The summed E-state index contributed by atoms with van der Waals surface area (Å²) in [5, 5.41) is 0. The van der Waals surface area contributed by atoms with Crippen molar-refractivity contribution >= 4 is 5.91 Å². The lowest BCUT2D eigenvalue weighted by molar-refractivity contribution is -0.133. The zero-order valence-corrected chi connectivity index (χ0v) is 14.7. The summed E-state index contributed by atoms with van der Waals surface area (Å²) in [5.74, 6) is 0.297. The Balaban J connectivity index is 1.57. The number of rotatable bonds is 6. The number of hydrogen-bond donors (Lipinski definition) is 0. The predicted molar refractivity (Wildman–Crippen MR) is 91.2 cm³/mol. The molecule has 130 valence electrons. The van der Waals surface area contributed by atoms with E-state index in [9.17, 15) is 4.79 Å². The first-order chi connectivity index (χ1) is 11.1. The molecule has 2 aliphatic carbocycles. The Morgan fingerprint density at radius 1 is 1.35 bits per heavy atom. The molecule has 0 aromatic rings. The molecule has 3 rings (SSSR count). The summed E-state index contributed by atoms with van der Waals surface area (Å²) >= 11 is 0. The van der Waals surface area contributed by atoms with Crippen molar-refractivity contribution in [2.45, 2.75) is 50.7 Å². The third-order valence-corrected chi connectivity index (χ3v) is 4.91. The van der Waals surface area contributed by atoms with E-state index in [1.54, 1.807) is 0 Å². The van der Waals surface area contributed by atoms with E-state index in [0.29, 0.717) is 18.5 Å². The summed E-state index contributed by atoms with van der Waals surface area (Å²) in [6, 6.07) is 0.477. The molecule has 0 N–H and O–H groups in total. The first-order valence-electron chi connectivity index (χ1n) is 9.13. The fourth-order valence-corrected chi connectivity index (χ4v) is 3.68. The van der Waals surface area contributed by atoms with Gasteiger partial charge in [-0.05, 0) is 52.6 Å². The molecule has 5 nitrogen and oxygen atoms in total. The molecule has 0 spiro atoms. The van der Waals surface area contributed by atoms with Crippen molar-refractivity contribution in [3.05, 3.63) is 11.8 Å². The first kappa shape index (κ1) is 16.9. The van der Waals surface area contributed by atoms with E-state index in [0.717, 1.165) is 39.1 Å². The average molecular weight is 321 g/mol. The number of carbonyl (C=O) groups is 1. The topological polar surface area (TPSA) is 36.0 Å². The van der Waals surface area contributed by atoms with Crippen molar-refractivity contribution in [1.29, 1.82) is 0 Å². The van der Waals surface area contributed by atoms with Crippen molar-refractivity contribution in [3.8, 4) is 0 Å². The second-order valence-electron chi connectivity index (χ2n) is 7.43. The number of allylic oxidation sites excluding steroid dienone is 2. The molecule has 3 aliphatic rings. The fraction of sp³-hybridized carbons (Fsp3) is 0.833. The maximum Gasteiger partial charge on any atom is 0.241 e. The van der Waals surface area contributed by atoms with E-state index in [4.69, 9.17) is 4.74 Å². The maximum absolute atomic E-state index is 12.9. The number of hydrogen-bond acceptors (Lipinski definition) is 4. The molecule has 0 aromatic heterocycles. The van der Waals surface area contributed by atoms with E-state index >= 15 is 0 Å². The fourth-order valence-electron chi connectivity index (χ4n) is 3.68. The summed E-state index contributed by atoms with van der Waals surface area (Å²) in [4.78, 5) is 19.5. The van der Waals surface area contributed by atoms with Crippen LogP contribution >= 0.6 is 0 Å². The van der Waals surface area contributed by atoms with Crippen LogP contribution in [0.5, 0.6) is 0 Å². The second-order valence-corrected chi connectivity index (χ2v) is 7.43. The van der Waals surface area contributed by atoms with Crippen molar-refractivity contribution in [3.63, 3.8) is 0 Å². The highest BCUT2D eigenvalue weighted by molar-refractivity contribution is 5.80. The smallest absolute Gasteiger partial charge is 0.241 e. The van der Waals surface area contributed by atoms with Gasteiger partial charge < -0.3 is 14.5 Å². The third-order valence-electron chi connectivity index (χ3n) is 4.91. The van der Waals surface area contributed by atoms with Crippen LogP contribution in [0.3, 0.4) is 0 Å². The Hall–Kier alpha value is -0.910. The zero-order valence-electron chi connectivity index (χ0n) is 14.7. The van der Waals surface area contributed by atoms with Crippen LogP contribution in [0.2, 0.25) is 0 Å². The lowest BCUT2D eigenvalue weighted by Gasteiger charge is -2.35. The Kier molecular flexibility index (Phi) is 5.72. The van der Waals surface area contributed by atoms with Gasteiger partial charge in [-0.2, -0.15) is 0 Å². The molecule has 1 heterocycles. The summed E-state index contributed by atoms with van der Waals surface area (Å²) in [6.07, 6.45) is 9.58. The molecular weight excluding hydrogens is 290 g/mol.